The molecule has 1 aliphatic heterocycles. The zero-order valence-electron chi connectivity index (χ0n) is 22.2. The number of carbonyl (C=O) groups is 1. The molecule has 0 aliphatic carbocycles. The molecule has 1 aromatic carbocycles. The molecule has 0 saturated carbocycles. The van der Waals surface area contributed by atoms with Crippen LogP contribution in [-0.2, 0) is 6.61 Å². The van der Waals surface area contributed by atoms with Gasteiger partial charge in [-0.25, -0.2) is 4.98 Å². The van der Waals surface area contributed by atoms with Crippen LogP contribution in [0.4, 0.5) is 5.82 Å². The van der Waals surface area contributed by atoms with Gasteiger partial charge in [0.05, 0.1) is 6.61 Å². The van der Waals surface area contributed by atoms with Gasteiger partial charge in [-0.15, -0.1) is 0 Å². The average molecular weight is 500 g/mol. The fraction of sp³-hybridized carbons (Fsp3) is 0.367. The SMILES string of the molecule is C/C(=C\c1c(-c2cnc(N)c(CO)c2)ccnc1C)CN1CCC(c2ccc(C(=O)N(C)C)cc2)CC1. The zero-order valence-corrected chi connectivity index (χ0v) is 22.2. The number of aliphatic hydroxyl groups is 1. The van der Waals surface area contributed by atoms with Crippen molar-refractivity contribution < 1.29 is 9.90 Å². The Bertz CT molecular complexity index is 1280. The number of aliphatic hydroxyl groups excluding tert-OH is 1. The second kappa shape index (κ2) is 11.7. The van der Waals surface area contributed by atoms with Gasteiger partial charge in [0.25, 0.3) is 5.91 Å². The van der Waals surface area contributed by atoms with Crippen LogP contribution < -0.4 is 5.73 Å². The number of anilines is 1. The molecule has 2 aromatic heterocycles. The molecule has 0 atom stereocenters. The van der Waals surface area contributed by atoms with Gasteiger partial charge >= 0.3 is 0 Å². The number of likely N-dealkylation sites (tertiary alicyclic amines) is 1. The van der Waals surface area contributed by atoms with Gasteiger partial charge in [0, 0.05) is 61.0 Å². The van der Waals surface area contributed by atoms with Crippen LogP contribution in [0.25, 0.3) is 17.2 Å². The van der Waals surface area contributed by atoms with E-state index in [2.05, 4.69) is 40.0 Å². The van der Waals surface area contributed by atoms with E-state index in [9.17, 15) is 9.90 Å². The summed E-state index contributed by atoms with van der Waals surface area (Å²) < 4.78 is 0. The van der Waals surface area contributed by atoms with Gasteiger partial charge in [0.2, 0.25) is 0 Å². The summed E-state index contributed by atoms with van der Waals surface area (Å²) in [6, 6.07) is 12.0. The van der Waals surface area contributed by atoms with Crippen LogP contribution in [0.3, 0.4) is 0 Å². The first-order valence-corrected chi connectivity index (χ1v) is 12.8. The lowest BCUT2D eigenvalue weighted by Crippen LogP contribution is -2.34. The van der Waals surface area contributed by atoms with Crippen molar-refractivity contribution in [3.05, 3.63) is 82.3 Å². The van der Waals surface area contributed by atoms with Crippen LogP contribution in [0, 0.1) is 6.92 Å². The van der Waals surface area contributed by atoms with Gasteiger partial charge in [-0.3, -0.25) is 14.7 Å². The van der Waals surface area contributed by atoms with Crippen molar-refractivity contribution >= 4 is 17.8 Å². The number of hydrogen-bond acceptors (Lipinski definition) is 6. The quantitative estimate of drug-likeness (QED) is 0.497. The van der Waals surface area contributed by atoms with E-state index in [1.54, 1.807) is 31.4 Å². The molecule has 0 unspecified atom stereocenters. The van der Waals surface area contributed by atoms with Crippen LogP contribution in [0.15, 0.2) is 54.4 Å². The molecule has 0 bridgehead atoms. The molecule has 7 nitrogen and oxygen atoms in total. The van der Waals surface area contributed by atoms with Crippen LogP contribution in [0.2, 0.25) is 0 Å². The van der Waals surface area contributed by atoms with E-state index < -0.39 is 0 Å². The molecular formula is C30H37N5O2. The van der Waals surface area contributed by atoms with Crippen molar-refractivity contribution in [2.75, 3.05) is 39.5 Å². The Kier molecular flexibility index (Phi) is 8.36. The average Bonchev–Trinajstić information content (AvgIpc) is 2.90. The number of aromatic nitrogens is 2. The summed E-state index contributed by atoms with van der Waals surface area (Å²) >= 11 is 0. The first kappa shape index (κ1) is 26.5. The number of carbonyl (C=O) groups excluding carboxylic acids is 1. The monoisotopic (exact) mass is 499 g/mol. The molecule has 7 heteroatoms. The van der Waals surface area contributed by atoms with Crippen molar-refractivity contribution in [1.82, 2.24) is 19.8 Å². The Morgan fingerprint density at radius 1 is 1.16 bits per heavy atom. The van der Waals surface area contributed by atoms with Gasteiger partial charge < -0.3 is 15.7 Å². The number of nitrogens with two attached hydrogens (primary N) is 1. The van der Waals surface area contributed by atoms with E-state index in [1.165, 1.54) is 11.1 Å². The predicted octanol–water partition coefficient (Wildman–Crippen LogP) is 4.51. The normalized spacial score (nSPS) is 15.1. The Labute approximate surface area is 219 Å². The molecule has 0 radical (unpaired) electrons. The third-order valence-electron chi connectivity index (χ3n) is 7.16. The summed E-state index contributed by atoms with van der Waals surface area (Å²) in [7, 11) is 3.56. The fourth-order valence-corrected chi connectivity index (χ4v) is 5.03. The zero-order chi connectivity index (χ0) is 26.5. The Hall–Kier alpha value is -3.55. The second-order valence-corrected chi connectivity index (χ2v) is 10.1. The van der Waals surface area contributed by atoms with Crippen LogP contribution in [0.1, 0.15) is 58.4 Å². The Morgan fingerprint density at radius 3 is 2.51 bits per heavy atom. The number of nitrogen functional groups attached to an aromatic ring is 1. The summed E-state index contributed by atoms with van der Waals surface area (Å²) in [6.45, 7) is 7.02. The summed E-state index contributed by atoms with van der Waals surface area (Å²) in [5.74, 6) is 0.916. The third kappa shape index (κ3) is 6.24. The Morgan fingerprint density at radius 2 is 1.86 bits per heavy atom. The first-order chi connectivity index (χ1) is 17.8. The van der Waals surface area contributed by atoms with Crippen molar-refractivity contribution in [2.45, 2.75) is 39.2 Å². The van der Waals surface area contributed by atoms with Gasteiger partial charge in [-0.1, -0.05) is 23.8 Å². The maximum absolute atomic E-state index is 12.2. The molecule has 194 valence electrons. The van der Waals surface area contributed by atoms with E-state index in [1.807, 2.05) is 31.2 Å². The van der Waals surface area contributed by atoms with E-state index >= 15 is 0 Å². The number of hydrogen-bond donors (Lipinski definition) is 2. The third-order valence-corrected chi connectivity index (χ3v) is 7.16. The summed E-state index contributed by atoms with van der Waals surface area (Å²) in [5, 5.41) is 9.62. The first-order valence-electron chi connectivity index (χ1n) is 12.8. The smallest absolute Gasteiger partial charge is 0.253 e. The molecule has 1 saturated heterocycles. The summed E-state index contributed by atoms with van der Waals surface area (Å²) in [5.41, 5.74) is 13.8. The number of piperidine rings is 1. The molecule has 3 heterocycles. The van der Waals surface area contributed by atoms with Gasteiger partial charge in [0.15, 0.2) is 0 Å². The lowest BCUT2D eigenvalue weighted by molar-refractivity contribution is 0.0827. The lowest BCUT2D eigenvalue weighted by Gasteiger charge is -2.32. The fourth-order valence-electron chi connectivity index (χ4n) is 5.03. The van der Waals surface area contributed by atoms with E-state index in [-0.39, 0.29) is 12.5 Å². The molecule has 4 rings (SSSR count). The van der Waals surface area contributed by atoms with E-state index in [0.717, 1.165) is 60.4 Å². The minimum absolute atomic E-state index is 0.0390. The number of nitrogens with zero attached hydrogens (tertiary/aromatic N) is 4. The summed E-state index contributed by atoms with van der Waals surface area (Å²) in [6.07, 6.45) is 7.99. The van der Waals surface area contributed by atoms with Gasteiger partial charge in [-0.05, 0) is 81.1 Å². The maximum Gasteiger partial charge on any atom is 0.253 e. The number of pyridine rings is 2. The highest BCUT2D eigenvalue weighted by Crippen LogP contribution is 2.31. The second-order valence-electron chi connectivity index (χ2n) is 10.1. The topological polar surface area (TPSA) is 95.6 Å². The molecule has 1 fully saturated rings. The molecule has 3 aromatic rings. The van der Waals surface area contributed by atoms with Crippen molar-refractivity contribution in [3.63, 3.8) is 0 Å². The lowest BCUT2D eigenvalue weighted by atomic mass is 9.88. The van der Waals surface area contributed by atoms with Crippen molar-refractivity contribution in [2.24, 2.45) is 0 Å². The minimum atomic E-state index is -0.144. The van der Waals surface area contributed by atoms with Crippen LogP contribution >= 0.6 is 0 Å². The van der Waals surface area contributed by atoms with Crippen molar-refractivity contribution in [3.8, 4) is 11.1 Å². The van der Waals surface area contributed by atoms with Crippen molar-refractivity contribution in [1.29, 1.82) is 0 Å². The largest absolute Gasteiger partial charge is 0.392 e. The molecule has 1 aliphatic rings. The number of rotatable bonds is 7. The highest BCUT2D eigenvalue weighted by Gasteiger charge is 2.21. The maximum atomic E-state index is 12.2. The minimum Gasteiger partial charge on any atom is -0.392 e. The van der Waals surface area contributed by atoms with Gasteiger partial charge in [-0.2, -0.15) is 0 Å². The Balaban J connectivity index is 1.43. The molecule has 0 spiro atoms. The standard InChI is InChI=1S/C30H37N5O2/c1-20(15-28-21(2)32-12-9-27(28)25-16-26(19-36)29(31)33-17-25)18-35-13-10-23(11-14-35)22-5-7-24(8-6-22)30(37)34(3)4/h5-9,12,15-17,23,36H,10-11,13-14,18-19H2,1-4H3,(H2,31,33)/b20-15+. The van der Waals surface area contributed by atoms with Crippen LogP contribution in [0.5, 0.6) is 0 Å². The number of benzene rings is 1. The number of aryl methyl sites for hydroxylation is 1. The highest BCUT2D eigenvalue weighted by molar-refractivity contribution is 5.93. The molecule has 37 heavy (non-hydrogen) atoms. The van der Waals surface area contributed by atoms with E-state index in [0.29, 0.717) is 17.3 Å². The van der Waals surface area contributed by atoms with E-state index in [4.69, 9.17) is 5.73 Å². The molecular weight excluding hydrogens is 462 g/mol. The predicted molar refractivity (Wildman–Crippen MR) is 149 cm³/mol. The molecule has 1 amide bonds. The van der Waals surface area contributed by atoms with Crippen LogP contribution in [-0.4, -0.2) is 64.5 Å². The summed E-state index contributed by atoms with van der Waals surface area (Å²) in [4.78, 5) is 25.1. The molecule has 3 N–H and O–H groups in total. The van der Waals surface area contributed by atoms with Gasteiger partial charge in [0.1, 0.15) is 5.82 Å². The number of amides is 1. The highest BCUT2D eigenvalue weighted by atomic mass is 16.3.